The molecule has 1 N–H and O–H groups in total. The molecular formula is C8H15BrO2. The van der Waals surface area contributed by atoms with Gasteiger partial charge in [0.05, 0.1) is 6.61 Å². The third-order valence-electron chi connectivity index (χ3n) is 2.14. The monoisotopic (exact) mass is 222 g/mol. The van der Waals surface area contributed by atoms with Crippen LogP contribution in [0.1, 0.15) is 26.2 Å². The molecule has 1 aliphatic heterocycles. The maximum Gasteiger partial charge on any atom is 0.158 e. The van der Waals surface area contributed by atoms with Gasteiger partial charge < -0.3 is 9.84 Å². The molecule has 0 aromatic carbocycles. The number of aliphatic hydroxyl groups excluding tert-OH is 1. The van der Waals surface area contributed by atoms with Gasteiger partial charge in [-0.2, -0.15) is 0 Å². The highest BCUT2D eigenvalue weighted by atomic mass is 79.9. The van der Waals surface area contributed by atoms with Gasteiger partial charge in [0.15, 0.2) is 6.29 Å². The summed E-state index contributed by atoms with van der Waals surface area (Å²) in [7, 11) is 0. The van der Waals surface area contributed by atoms with Gasteiger partial charge in [0.25, 0.3) is 0 Å². The van der Waals surface area contributed by atoms with Gasteiger partial charge in [-0.3, -0.25) is 0 Å². The first kappa shape index (κ1) is 9.49. The van der Waals surface area contributed by atoms with E-state index in [-0.39, 0.29) is 5.92 Å². The van der Waals surface area contributed by atoms with Crippen LogP contribution in [-0.4, -0.2) is 22.8 Å². The molecule has 0 aromatic rings. The van der Waals surface area contributed by atoms with E-state index in [0.29, 0.717) is 11.4 Å². The van der Waals surface area contributed by atoms with Crippen molar-refractivity contribution in [1.29, 1.82) is 0 Å². The third-order valence-corrected chi connectivity index (χ3v) is 3.27. The number of hydrogen-bond acceptors (Lipinski definition) is 2. The van der Waals surface area contributed by atoms with Crippen molar-refractivity contribution in [3.8, 4) is 0 Å². The van der Waals surface area contributed by atoms with Crippen molar-refractivity contribution in [2.45, 2.75) is 37.3 Å². The van der Waals surface area contributed by atoms with Crippen LogP contribution in [0.5, 0.6) is 0 Å². The van der Waals surface area contributed by atoms with Crippen LogP contribution in [0.4, 0.5) is 0 Å². The van der Waals surface area contributed by atoms with E-state index in [0.717, 1.165) is 19.3 Å². The first-order chi connectivity index (χ1) is 5.25. The summed E-state index contributed by atoms with van der Waals surface area (Å²) in [6.07, 6.45) is 2.61. The Balaban J connectivity index is 2.41. The molecule has 1 saturated heterocycles. The lowest BCUT2D eigenvalue weighted by Crippen LogP contribution is -2.36. The summed E-state index contributed by atoms with van der Waals surface area (Å²) in [4.78, 5) is 0.436. The zero-order valence-corrected chi connectivity index (χ0v) is 8.38. The SMILES string of the molecule is CCCC1C(Br)CCOC1O. The molecule has 3 unspecified atom stereocenters. The van der Waals surface area contributed by atoms with E-state index in [1.807, 2.05) is 0 Å². The highest BCUT2D eigenvalue weighted by Gasteiger charge is 2.30. The molecule has 1 fully saturated rings. The molecule has 0 aromatic heterocycles. The number of rotatable bonds is 2. The third kappa shape index (κ3) is 2.42. The number of alkyl halides is 1. The molecule has 3 heteroatoms. The molecule has 66 valence electrons. The summed E-state index contributed by atoms with van der Waals surface area (Å²) in [6, 6.07) is 0. The molecule has 0 amide bonds. The topological polar surface area (TPSA) is 29.5 Å². The molecule has 0 saturated carbocycles. The Morgan fingerprint density at radius 1 is 1.64 bits per heavy atom. The molecular weight excluding hydrogens is 208 g/mol. The fraction of sp³-hybridized carbons (Fsp3) is 1.00. The highest BCUT2D eigenvalue weighted by molar-refractivity contribution is 9.09. The summed E-state index contributed by atoms with van der Waals surface area (Å²) >= 11 is 3.56. The molecule has 3 atom stereocenters. The van der Waals surface area contributed by atoms with Crippen LogP contribution >= 0.6 is 15.9 Å². The minimum absolute atomic E-state index is 0.286. The smallest absolute Gasteiger partial charge is 0.158 e. The van der Waals surface area contributed by atoms with E-state index >= 15 is 0 Å². The lowest BCUT2D eigenvalue weighted by Gasteiger charge is -2.31. The van der Waals surface area contributed by atoms with Crippen LogP contribution in [-0.2, 0) is 4.74 Å². The molecule has 11 heavy (non-hydrogen) atoms. The number of ether oxygens (including phenoxy) is 1. The summed E-state index contributed by atoms with van der Waals surface area (Å²) in [6.45, 7) is 2.80. The molecule has 1 aliphatic rings. The van der Waals surface area contributed by atoms with Crippen molar-refractivity contribution in [3.63, 3.8) is 0 Å². The van der Waals surface area contributed by atoms with E-state index in [1.54, 1.807) is 0 Å². The second-order valence-corrected chi connectivity index (χ2v) is 4.19. The summed E-state index contributed by atoms with van der Waals surface area (Å²) in [5.41, 5.74) is 0. The molecule has 0 radical (unpaired) electrons. The van der Waals surface area contributed by atoms with E-state index in [4.69, 9.17) is 4.74 Å². The van der Waals surface area contributed by atoms with Crippen LogP contribution in [0.3, 0.4) is 0 Å². The van der Waals surface area contributed by atoms with Crippen molar-refractivity contribution >= 4 is 15.9 Å². The Morgan fingerprint density at radius 2 is 2.36 bits per heavy atom. The van der Waals surface area contributed by atoms with Gasteiger partial charge in [0, 0.05) is 10.7 Å². The maximum atomic E-state index is 9.42. The summed E-state index contributed by atoms with van der Waals surface area (Å²) in [5, 5.41) is 9.42. The summed E-state index contributed by atoms with van der Waals surface area (Å²) < 4.78 is 5.14. The van der Waals surface area contributed by atoms with E-state index in [2.05, 4.69) is 22.9 Å². The molecule has 0 spiro atoms. The second kappa shape index (κ2) is 4.43. The van der Waals surface area contributed by atoms with Gasteiger partial charge >= 0.3 is 0 Å². The van der Waals surface area contributed by atoms with E-state index in [1.165, 1.54) is 0 Å². The van der Waals surface area contributed by atoms with Gasteiger partial charge in [-0.05, 0) is 12.8 Å². The van der Waals surface area contributed by atoms with Gasteiger partial charge in [0.2, 0.25) is 0 Å². The predicted molar refractivity (Wildman–Crippen MR) is 47.7 cm³/mol. The van der Waals surface area contributed by atoms with Crippen LogP contribution in [0.2, 0.25) is 0 Å². The van der Waals surface area contributed by atoms with Crippen molar-refractivity contribution in [2.75, 3.05) is 6.61 Å². The molecule has 0 aliphatic carbocycles. The zero-order chi connectivity index (χ0) is 8.27. The fourth-order valence-corrected chi connectivity index (χ4v) is 2.19. The first-order valence-corrected chi connectivity index (χ1v) is 5.11. The predicted octanol–water partition coefficient (Wildman–Crippen LogP) is 1.90. The lowest BCUT2D eigenvalue weighted by molar-refractivity contribution is -0.156. The molecule has 0 bridgehead atoms. The minimum atomic E-state index is -0.548. The van der Waals surface area contributed by atoms with E-state index in [9.17, 15) is 5.11 Å². The van der Waals surface area contributed by atoms with Crippen LogP contribution in [0.25, 0.3) is 0 Å². The average molecular weight is 223 g/mol. The average Bonchev–Trinajstić information content (AvgIpc) is 1.97. The quantitative estimate of drug-likeness (QED) is 0.724. The Bertz CT molecular complexity index is 109. The number of halogens is 1. The summed E-state index contributed by atoms with van der Waals surface area (Å²) in [5.74, 6) is 0.286. The van der Waals surface area contributed by atoms with E-state index < -0.39 is 6.29 Å². The standard InChI is InChI=1S/C8H15BrO2/c1-2-3-6-7(9)4-5-11-8(6)10/h6-8,10H,2-5H2,1H3. The highest BCUT2D eigenvalue weighted by Crippen LogP contribution is 2.29. The van der Waals surface area contributed by atoms with Crippen molar-refractivity contribution < 1.29 is 9.84 Å². The largest absolute Gasteiger partial charge is 0.368 e. The minimum Gasteiger partial charge on any atom is -0.368 e. The van der Waals surface area contributed by atoms with Crippen molar-refractivity contribution in [1.82, 2.24) is 0 Å². The first-order valence-electron chi connectivity index (χ1n) is 4.19. The van der Waals surface area contributed by atoms with Crippen LogP contribution in [0, 0.1) is 5.92 Å². The number of hydrogen-bond donors (Lipinski definition) is 1. The van der Waals surface area contributed by atoms with Crippen LogP contribution in [0.15, 0.2) is 0 Å². The van der Waals surface area contributed by atoms with Crippen molar-refractivity contribution in [3.05, 3.63) is 0 Å². The normalized spacial score (nSPS) is 39.0. The lowest BCUT2D eigenvalue weighted by atomic mass is 9.95. The van der Waals surface area contributed by atoms with Gasteiger partial charge in [0.1, 0.15) is 0 Å². The molecule has 1 heterocycles. The zero-order valence-electron chi connectivity index (χ0n) is 6.79. The molecule has 1 rings (SSSR count). The second-order valence-electron chi connectivity index (χ2n) is 3.02. The number of aliphatic hydroxyl groups is 1. The Labute approximate surface area is 76.1 Å². The van der Waals surface area contributed by atoms with Gasteiger partial charge in [-0.15, -0.1) is 0 Å². The Morgan fingerprint density at radius 3 is 2.91 bits per heavy atom. The Hall–Kier alpha value is 0.400. The fourth-order valence-electron chi connectivity index (χ4n) is 1.47. The van der Waals surface area contributed by atoms with Gasteiger partial charge in [-0.25, -0.2) is 0 Å². The maximum absolute atomic E-state index is 9.42. The van der Waals surface area contributed by atoms with Crippen molar-refractivity contribution in [2.24, 2.45) is 5.92 Å². The van der Waals surface area contributed by atoms with Gasteiger partial charge in [-0.1, -0.05) is 29.3 Å². The molecule has 2 nitrogen and oxygen atoms in total. The van der Waals surface area contributed by atoms with Crippen LogP contribution < -0.4 is 0 Å². The Kier molecular flexibility index (Phi) is 3.82.